The van der Waals surface area contributed by atoms with Gasteiger partial charge in [-0.15, -0.1) is 0 Å². The topological polar surface area (TPSA) is 669 Å². The number of H-pyrrole nitrogens is 2. The Kier molecular flexibility index (Phi) is 29.0. The van der Waals surface area contributed by atoms with E-state index in [1.807, 2.05) is 0 Å². The summed E-state index contributed by atoms with van der Waals surface area (Å²) in [6.45, 7) is -24.6. The van der Waals surface area contributed by atoms with E-state index in [1.54, 1.807) is 18.4 Å². The predicted octanol–water partition coefficient (Wildman–Crippen LogP) is -1.40. The standard InChI is InChI=1S/C62H84N20O30P6S6/c1-7-31-32(8-47(101-31)81-25-71-49-53(65)67-23-69-55(49)81)108-114(90,120)96-19-40-35(11-45(104-40)79-16-29(4)57(83)75-61(79)87)110-116(92,122)99-21-41-36(12-46(105-41)80-17-30(5)58(84)76-62(80)88)111-115(91,121)98-20-39-34(10-44(103-39)78-15-28(3)52(64)74-60(78)86)109-117(93,123)100-22-42-37(13-48(106-42)82-26-72-50-54(66)68-24-70-56(50)82)112-118(94,124)97-18-38-33(107-113(89,119)95-6)9-43(102-38)77-14-27(2)51(63)73-59(77)85/h14-17,23-26,31-48H,7-13,18-22H2,1-6H3,(H,89,119)(H,90,120)(H,91,121)(H,92,122)(H,93,123)(H,94,124)(H2,63,73,85)(H2,64,74,86)(H2,65,67,69)(H2,66,68,70)(H,75,83,87)(H,76,84,88)/p-6/t31-,32-,33-,34-,35-,36-,37-,38-,39-,40-,41-,42-,43-,44-,45-,46-,47-,48-,113?,114?,115?,116?,117?,118?/m1/s1. The monoisotopic (exact) mass is 1960 g/mol. The average Bonchev–Trinajstić information content (AvgIpc) is 1.64. The van der Waals surface area contributed by atoms with Crippen LogP contribution in [0, 0.1) is 27.7 Å². The third kappa shape index (κ3) is 22.0. The molecule has 0 amide bonds. The zero-order valence-electron chi connectivity index (χ0n) is 65.4. The molecule has 0 spiro atoms. The van der Waals surface area contributed by atoms with Crippen LogP contribution in [0.5, 0.6) is 0 Å². The molecule has 14 heterocycles. The Morgan fingerprint density at radius 2 is 0.710 bits per heavy atom. The van der Waals surface area contributed by atoms with Gasteiger partial charge in [0.15, 0.2) is 29.7 Å². The largest absolute Gasteiger partial charge is 0.780 e. The number of hydrogen-bond acceptors (Lipinski definition) is 48. The highest BCUT2D eigenvalue weighted by atomic mass is 32.7. The molecule has 124 heavy (non-hydrogen) atoms. The van der Waals surface area contributed by atoms with E-state index >= 15 is 0 Å². The van der Waals surface area contributed by atoms with Crippen LogP contribution in [0.4, 0.5) is 23.3 Å². The van der Waals surface area contributed by atoms with Crippen LogP contribution < -0.4 is 81.3 Å². The molecule has 0 bridgehead atoms. The lowest BCUT2D eigenvalue weighted by molar-refractivity contribution is -0.221. The molecule has 0 saturated carbocycles. The predicted molar refractivity (Wildman–Crippen MR) is 441 cm³/mol. The highest BCUT2D eigenvalue weighted by molar-refractivity contribution is 8.32. The van der Waals surface area contributed by atoms with Crippen LogP contribution in [0.3, 0.4) is 0 Å². The normalized spacial score (nSPS) is 29.6. The molecule has 6 aliphatic rings. The van der Waals surface area contributed by atoms with Crippen molar-refractivity contribution in [2.24, 2.45) is 0 Å². The number of rotatable bonds is 35. The number of nitrogens with two attached hydrogens (primary N) is 4. The summed E-state index contributed by atoms with van der Waals surface area (Å²) in [7, 11) is 1.05. The lowest BCUT2D eigenvalue weighted by Gasteiger charge is -2.36. The maximum atomic E-state index is 14.8. The average molecular weight is 1960 g/mol. The second-order valence-corrected chi connectivity index (χ2v) is 45.3. The second-order valence-electron chi connectivity index (χ2n) is 28.9. The van der Waals surface area contributed by atoms with Gasteiger partial charge in [-0.2, -0.15) is 9.97 Å². The molecular weight excluding hydrogens is 1880 g/mol. The van der Waals surface area contributed by atoms with Crippen molar-refractivity contribution < 1.29 is 112 Å². The molecule has 6 fully saturated rings. The molecule has 678 valence electrons. The summed E-state index contributed by atoms with van der Waals surface area (Å²) in [4.78, 5) is 187. The Labute approximate surface area is 730 Å². The number of nitrogens with zero attached hydrogens (tertiary/aromatic N) is 14. The SMILES string of the molecule is CC[C@H]1O[C@@H](n2cnc3c(N)ncnc32)C[C@H]1OP([O-])(=S)OC[C@H]1O[C@@H](n2cc(C)c(=O)[nH]c2=O)C[C@H]1OP(=O)([S-])OC[C@H]1O[C@@H](n2cc(C)c(=O)[nH]c2=O)C[C@H]1OP([O-])(=S)OC[C@H]1O[C@@H](n2cc(C)c(N)nc2=O)C[C@H]1OP([O-])(=S)OC[C@H]1O[C@@H](n2cnc3c(N)ncnc32)C[C@H]1OP([O-])(=S)OC[C@H]1O[C@@H](n2cc(C)c(N)nc2=O)C[C@H]1OP([O-])(=S)OC. The van der Waals surface area contributed by atoms with Gasteiger partial charge in [0.1, 0.15) is 137 Å². The number of fused-ring (bicyclic) bond motifs is 2. The highest BCUT2D eigenvalue weighted by Crippen LogP contribution is 2.56. The van der Waals surface area contributed by atoms with E-state index in [-0.39, 0.29) is 71.2 Å². The summed E-state index contributed by atoms with van der Waals surface area (Å²) in [5.74, 6) is -0.0572. The summed E-state index contributed by atoms with van der Waals surface area (Å²) in [5.41, 5.74) is 20.7. The van der Waals surface area contributed by atoms with Gasteiger partial charge in [-0.3, -0.25) is 51.5 Å². The van der Waals surface area contributed by atoms with E-state index in [9.17, 15) is 57.8 Å². The van der Waals surface area contributed by atoms with E-state index in [2.05, 4.69) is 49.8 Å². The number of nitrogens with one attached hydrogen (secondary N) is 2. The van der Waals surface area contributed by atoms with Gasteiger partial charge < -0.3 is 142 Å². The van der Waals surface area contributed by atoms with Crippen molar-refractivity contribution in [2.75, 3.05) is 63.1 Å². The van der Waals surface area contributed by atoms with E-state index < -0.39 is 231 Å². The fourth-order valence-electron chi connectivity index (χ4n) is 14.4. The van der Waals surface area contributed by atoms with Crippen LogP contribution in [0.2, 0.25) is 0 Å². The Hall–Kier alpha value is -5.67. The van der Waals surface area contributed by atoms with Crippen molar-refractivity contribution in [2.45, 2.75) is 190 Å². The van der Waals surface area contributed by atoms with Gasteiger partial charge in [0.05, 0.1) is 88.4 Å². The lowest BCUT2D eigenvalue weighted by Crippen LogP contribution is -2.34. The molecule has 6 aliphatic heterocycles. The summed E-state index contributed by atoms with van der Waals surface area (Å²) >= 11 is 32.3. The molecule has 8 aromatic heterocycles. The van der Waals surface area contributed by atoms with Gasteiger partial charge in [0.2, 0.25) is 0 Å². The molecular formula is C62H78N20O30P6S6-6. The van der Waals surface area contributed by atoms with Crippen molar-refractivity contribution in [3.8, 4) is 0 Å². The van der Waals surface area contributed by atoms with Crippen LogP contribution in [-0.4, -0.2) is 191 Å². The first-order valence-electron chi connectivity index (χ1n) is 37.3. The fourth-order valence-corrected chi connectivity index (χ4v) is 22.6. The minimum Gasteiger partial charge on any atom is -0.780 e. The molecule has 14 rings (SSSR count). The maximum absolute atomic E-state index is 14.8. The number of hydrogen-bond donors (Lipinski definition) is 6. The molecule has 62 heteroatoms. The number of aromatic nitrogens is 16. The molecule has 10 N–H and O–H groups in total. The molecule has 0 aromatic carbocycles. The number of imidazole rings is 2. The molecule has 6 unspecified atom stereocenters. The van der Waals surface area contributed by atoms with Crippen LogP contribution in [0.1, 0.15) is 111 Å². The van der Waals surface area contributed by atoms with Crippen molar-refractivity contribution in [3.63, 3.8) is 0 Å². The van der Waals surface area contributed by atoms with Crippen molar-refractivity contribution in [1.82, 2.24) is 77.2 Å². The third-order valence-corrected chi connectivity index (χ3v) is 30.1. The molecule has 6 saturated heterocycles. The smallest absolute Gasteiger partial charge is 0.351 e. The summed E-state index contributed by atoms with van der Waals surface area (Å²) in [6, 6.07) is 0. The third-order valence-electron chi connectivity index (χ3n) is 20.6. The molecule has 50 nitrogen and oxygen atoms in total. The number of nitrogen functional groups attached to an aromatic ring is 4. The van der Waals surface area contributed by atoms with Crippen LogP contribution in [0.25, 0.3) is 22.3 Å². The van der Waals surface area contributed by atoms with Gasteiger partial charge in [-0.25, -0.2) is 49.1 Å². The zero-order chi connectivity index (χ0) is 89.2. The Balaban J connectivity index is 0.666. The first-order chi connectivity index (χ1) is 58.4. The number of ether oxygens (including phenoxy) is 6. The van der Waals surface area contributed by atoms with Gasteiger partial charge >= 0.3 is 22.8 Å². The van der Waals surface area contributed by atoms with E-state index in [1.165, 1.54) is 62.9 Å². The molecule has 24 atom stereocenters. The van der Waals surface area contributed by atoms with E-state index in [0.29, 0.717) is 28.7 Å². The first-order valence-corrected chi connectivity index (χ1v) is 52.6. The molecule has 0 radical (unpaired) electrons. The van der Waals surface area contributed by atoms with Crippen molar-refractivity contribution in [3.05, 3.63) is 135 Å². The Morgan fingerprint density at radius 1 is 0.419 bits per heavy atom. The van der Waals surface area contributed by atoms with Gasteiger partial charge in [-0.05, 0) is 34.1 Å². The van der Waals surface area contributed by atoms with Crippen LogP contribution >= 0.6 is 40.4 Å². The van der Waals surface area contributed by atoms with Crippen LogP contribution in [-0.2, 0) is 159 Å². The number of aryl methyl sites for hydroxylation is 4. The van der Waals surface area contributed by atoms with Crippen LogP contribution in [0.15, 0.2) is 78.9 Å². The van der Waals surface area contributed by atoms with Gasteiger partial charge in [0.25, 0.3) is 11.1 Å². The highest BCUT2D eigenvalue weighted by Gasteiger charge is 2.48. The Bertz CT molecular complexity index is 6060. The van der Waals surface area contributed by atoms with Gasteiger partial charge in [-0.1, -0.05) is 66.0 Å². The number of anilines is 4. The molecule has 8 aromatic rings. The minimum absolute atomic E-state index is 0.00255. The fraction of sp³-hybridized carbons (Fsp3) is 0.581. The van der Waals surface area contributed by atoms with Crippen molar-refractivity contribution in [1.29, 1.82) is 0 Å². The maximum Gasteiger partial charge on any atom is 0.351 e. The van der Waals surface area contributed by atoms with E-state index in [4.69, 9.17) is 177 Å². The zero-order valence-corrected chi connectivity index (χ0v) is 75.7. The van der Waals surface area contributed by atoms with E-state index in [0.717, 1.165) is 37.9 Å². The quantitative estimate of drug-likeness (QED) is 0.0196. The Morgan fingerprint density at radius 3 is 1.05 bits per heavy atom. The minimum atomic E-state index is -4.99. The van der Waals surface area contributed by atoms with Crippen molar-refractivity contribution >= 4 is 157 Å². The second kappa shape index (κ2) is 38.0. The first kappa shape index (κ1) is 94.4. The van der Waals surface area contributed by atoms with Gasteiger partial charge in [0, 0.05) is 92.7 Å². The summed E-state index contributed by atoms with van der Waals surface area (Å²) in [5, 5.41) is 0. The number of aromatic amines is 2. The summed E-state index contributed by atoms with van der Waals surface area (Å²) < 4.78 is 129. The molecule has 0 aliphatic carbocycles. The lowest BCUT2D eigenvalue weighted by atomic mass is 10.1. The summed E-state index contributed by atoms with van der Waals surface area (Å²) in [6.07, 6.45) is -14.3.